The fourth-order valence-electron chi connectivity index (χ4n) is 0. The van der Waals surface area contributed by atoms with Crippen molar-refractivity contribution in [3.63, 3.8) is 0 Å². The zero-order valence-corrected chi connectivity index (χ0v) is 7.21. The van der Waals surface area contributed by atoms with E-state index in [4.69, 9.17) is 0 Å². The predicted molar refractivity (Wildman–Crippen MR) is 40.0 cm³/mol. The molecule has 0 aromatic rings. The van der Waals surface area contributed by atoms with Crippen LogP contribution >= 0.6 is 37.6 Å². The van der Waals surface area contributed by atoms with Gasteiger partial charge in [-0.05, 0) is 6.42 Å². The van der Waals surface area contributed by atoms with Crippen LogP contribution < -0.4 is 0 Å². The van der Waals surface area contributed by atoms with E-state index in [-0.39, 0.29) is 12.4 Å². The average Bonchev–Trinajstić information content (AvgIpc) is 1.38. The van der Waals surface area contributed by atoms with Crippen LogP contribution in [-0.2, 0) is 0 Å². The minimum atomic E-state index is 0. The highest BCUT2D eigenvalue weighted by Crippen LogP contribution is 2.10. The summed E-state index contributed by atoms with van der Waals surface area (Å²) in [6.45, 7) is 2.13. The first-order chi connectivity index (χ1) is 2.27. The minimum Gasteiger partial charge on any atom is -0.147 e. The van der Waals surface area contributed by atoms with Crippen molar-refractivity contribution in [1.29, 1.82) is 0 Å². The van der Waals surface area contributed by atoms with Crippen LogP contribution in [-0.4, -0.2) is 4.57 Å². The molecule has 0 aromatic heterocycles. The highest BCUT2D eigenvalue weighted by molar-refractivity contribution is 9.10. The van der Waals surface area contributed by atoms with Gasteiger partial charge in [0.25, 0.3) is 0 Å². The Hall–Kier alpha value is 1.20. The van der Waals surface area contributed by atoms with Gasteiger partial charge < -0.3 is 0 Å². The zero-order valence-electron chi connectivity index (χ0n) is 3.65. The molecule has 0 bridgehead atoms. The third kappa shape index (κ3) is 8.96. The molecule has 0 saturated heterocycles. The van der Waals surface area contributed by atoms with E-state index in [1.165, 1.54) is 6.42 Å². The molecule has 0 fully saturated rings. The summed E-state index contributed by atoms with van der Waals surface area (Å²) in [5, 5.41) is 0. The number of rotatable bonds is 1. The monoisotopic (exact) mass is 190 g/mol. The minimum absolute atomic E-state index is 0. The molecule has 0 rings (SSSR count). The van der Waals surface area contributed by atoms with Crippen LogP contribution in [0.5, 0.6) is 0 Å². The molecule has 0 amide bonds. The summed E-state index contributed by atoms with van der Waals surface area (Å²) in [6, 6.07) is 0. The molecule has 0 aromatic carbocycles. The van der Waals surface area contributed by atoms with Gasteiger partial charge in [0, 0.05) is 4.57 Å². The van der Waals surface area contributed by atoms with Gasteiger partial charge in [-0.3, -0.25) is 0 Å². The summed E-state index contributed by atoms with van der Waals surface area (Å²) in [5.41, 5.74) is 0. The highest BCUT2D eigenvalue weighted by Gasteiger charge is 1.82. The lowest BCUT2D eigenvalue weighted by Crippen LogP contribution is -1.73. The number of hydrogen-bond donors (Lipinski definition) is 0. The van der Waals surface area contributed by atoms with Gasteiger partial charge in [0.1, 0.15) is 0 Å². The molecule has 0 spiro atoms. The standard InChI is InChI=1S/C3H8BrP.ClH/c1-2-3(4)5;/h3H,2,5H2,1H3;1H. The maximum atomic E-state index is 3.34. The Kier molecular flexibility index (Phi) is 10.6. The summed E-state index contributed by atoms with van der Waals surface area (Å²) in [7, 11) is 2.65. The van der Waals surface area contributed by atoms with E-state index in [9.17, 15) is 0 Å². The third-order valence-electron chi connectivity index (χ3n) is 0.390. The fraction of sp³-hybridized carbons (Fsp3) is 1.00. The first kappa shape index (κ1) is 10.2. The maximum absolute atomic E-state index is 3.34. The Labute approximate surface area is 55.8 Å². The lowest BCUT2D eigenvalue weighted by molar-refractivity contribution is 1.07. The van der Waals surface area contributed by atoms with Crippen LogP contribution in [0.3, 0.4) is 0 Å². The van der Waals surface area contributed by atoms with E-state index < -0.39 is 0 Å². The second-order valence-electron chi connectivity index (χ2n) is 0.924. The molecule has 0 heterocycles. The first-order valence-electron chi connectivity index (χ1n) is 1.67. The Morgan fingerprint density at radius 3 is 2.00 bits per heavy atom. The molecule has 2 unspecified atom stereocenters. The lowest BCUT2D eigenvalue weighted by Gasteiger charge is -1.88. The molecule has 0 radical (unpaired) electrons. The summed E-state index contributed by atoms with van der Waals surface area (Å²) in [5.74, 6) is 0. The second kappa shape index (κ2) is 6.20. The second-order valence-corrected chi connectivity index (χ2v) is 3.88. The van der Waals surface area contributed by atoms with Crippen LogP contribution in [0, 0.1) is 0 Å². The van der Waals surface area contributed by atoms with E-state index in [2.05, 4.69) is 32.1 Å². The van der Waals surface area contributed by atoms with Crippen molar-refractivity contribution in [2.24, 2.45) is 0 Å². The van der Waals surface area contributed by atoms with Crippen molar-refractivity contribution in [3.05, 3.63) is 0 Å². The van der Waals surface area contributed by atoms with E-state index in [0.29, 0.717) is 4.57 Å². The molecule has 0 nitrogen and oxygen atoms in total. The van der Waals surface area contributed by atoms with Crippen LogP contribution in [0.1, 0.15) is 13.3 Å². The number of alkyl halides is 1. The Balaban J connectivity index is 0. The largest absolute Gasteiger partial charge is 0.147 e. The van der Waals surface area contributed by atoms with Crippen LogP contribution in [0.25, 0.3) is 0 Å². The normalized spacial score (nSPS) is 12.5. The van der Waals surface area contributed by atoms with Gasteiger partial charge in [-0.1, -0.05) is 22.9 Å². The van der Waals surface area contributed by atoms with E-state index in [1.807, 2.05) is 0 Å². The molecule has 0 saturated carbocycles. The van der Waals surface area contributed by atoms with Gasteiger partial charge in [-0.25, -0.2) is 0 Å². The van der Waals surface area contributed by atoms with Gasteiger partial charge >= 0.3 is 0 Å². The molecule has 0 aliphatic rings. The van der Waals surface area contributed by atoms with E-state index in [1.54, 1.807) is 0 Å². The molecule has 0 aliphatic carbocycles. The van der Waals surface area contributed by atoms with Crippen molar-refractivity contribution in [2.75, 3.05) is 0 Å². The van der Waals surface area contributed by atoms with Crippen molar-refractivity contribution >= 4 is 37.6 Å². The van der Waals surface area contributed by atoms with Crippen molar-refractivity contribution < 1.29 is 0 Å². The summed E-state index contributed by atoms with van der Waals surface area (Å²) in [4.78, 5) is 0. The number of hydrogen-bond acceptors (Lipinski definition) is 0. The summed E-state index contributed by atoms with van der Waals surface area (Å²) in [6.07, 6.45) is 1.19. The van der Waals surface area contributed by atoms with Crippen LogP contribution in [0.2, 0.25) is 0 Å². The quantitative estimate of drug-likeness (QED) is 0.441. The number of halogens is 2. The van der Waals surface area contributed by atoms with Crippen molar-refractivity contribution in [1.82, 2.24) is 0 Å². The van der Waals surface area contributed by atoms with Crippen molar-refractivity contribution in [3.8, 4) is 0 Å². The topological polar surface area (TPSA) is 0 Å². The lowest BCUT2D eigenvalue weighted by atomic mass is 10.6. The molecular formula is C3H9BrClP. The third-order valence-corrected chi connectivity index (χ3v) is 1.51. The van der Waals surface area contributed by atoms with E-state index >= 15 is 0 Å². The van der Waals surface area contributed by atoms with Crippen LogP contribution in [0.15, 0.2) is 0 Å². The average molecular weight is 191 g/mol. The molecule has 40 valence electrons. The molecular weight excluding hydrogens is 182 g/mol. The van der Waals surface area contributed by atoms with Gasteiger partial charge in [0.15, 0.2) is 0 Å². The first-order valence-corrected chi connectivity index (χ1v) is 3.25. The smallest absolute Gasteiger partial charge is 0.0286 e. The highest BCUT2D eigenvalue weighted by atomic mass is 79.9. The summed E-state index contributed by atoms with van der Waals surface area (Å²) >= 11 is 3.34. The molecule has 0 aliphatic heterocycles. The maximum Gasteiger partial charge on any atom is 0.0286 e. The molecule has 6 heavy (non-hydrogen) atoms. The van der Waals surface area contributed by atoms with E-state index in [0.717, 1.165) is 0 Å². The Morgan fingerprint density at radius 1 is 1.83 bits per heavy atom. The summed E-state index contributed by atoms with van der Waals surface area (Å²) < 4.78 is 0.613. The fourth-order valence-corrected chi connectivity index (χ4v) is 0. The molecule has 3 heteroatoms. The van der Waals surface area contributed by atoms with Crippen LogP contribution in [0.4, 0.5) is 0 Å². The Morgan fingerprint density at radius 2 is 2.00 bits per heavy atom. The predicted octanol–water partition coefficient (Wildman–Crippen LogP) is 2.41. The zero-order chi connectivity index (χ0) is 4.28. The van der Waals surface area contributed by atoms with Gasteiger partial charge in [0.05, 0.1) is 0 Å². The van der Waals surface area contributed by atoms with Crippen molar-refractivity contribution in [2.45, 2.75) is 17.9 Å². The molecule has 2 atom stereocenters. The van der Waals surface area contributed by atoms with Gasteiger partial charge in [0.2, 0.25) is 0 Å². The Bertz CT molecular complexity index is 24.8. The SMILES string of the molecule is CCC(P)Br.Cl. The van der Waals surface area contributed by atoms with Gasteiger partial charge in [-0.2, -0.15) is 0 Å². The molecule has 0 N–H and O–H groups in total. The van der Waals surface area contributed by atoms with Gasteiger partial charge in [-0.15, -0.1) is 21.6 Å².